The van der Waals surface area contributed by atoms with Crippen LogP contribution in [-0.4, -0.2) is 60.0 Å². The number of imide groups is 1. The maximum atomic E-state index is 13.2. The van der Waals surface area contributed by atoms with Crippen LogP contribution in [0.3, 0.4) is 0 Å². The van der Waals surface area contributed by atoms with Crippen LogP contribution in [0.2, 0.25) is 0 Å². The molecule has 2 rings (SSSR count). The zero-order chi connectivity index (χ0) is 26.6. The van der Waals surface area contributed by atoms with E-state index in [9.17, 15) is 19.2 Å². The second kappa shape index (κ2) is 11.5. The van der Waals surface area contributed by atoms with E-state index in [-0.39, 0.29) is 18.9 Å². The second-order valence-electron chi connectivity index (χ2n) is 11.4. The van der Waals surface area contributed by atoms with Crippen LogP contribution in [0.25, 0.3) is 0 Å². The van der Waals surface area contributed by atoms with Crippen molar-refractivity contribution in [1.29, 1.82) is 0 Å². The first-order valence-corrected chi connectivity index (χ1v) is 12.4. The van der Waals surface area contributed by atoms with Crippen molar-refractivity contribution >= 4 is 23.9 Å². The number of hydrogen-bond acceptors (Lipinski definition) is 8. The van der Waals surface area contributed by atoms with E-state index >= 15 is 0 Å². The van der Waals surface area contributed by atoms with Crippen molar-refractivity contribution in [3.63, 3.8) is 0 Å². The number of fused-ring (bicyclic) bond motifs is 1. The molecule has 0 bridgehead atoms. The first-order chi connectivity index (χ1) is 16.2. The number of nitrogens with zero attached hydrogens (tertiary/aromatic N) is 1. The number of carbonyl (C=O) groups is 4. The van der Waals surface area contributed by atoms with Crippen LogP contribution in [0.1, 0.15) is 81.1 Å². The molecule has 0 aromatic heterocycles. The first-order valence-electron chi connectivity index (χ1n) is 12.4. The van der Waals surface area contributed by atoms with E-state index in [4.69, 9.17) is 18.9 Å². The number of carbonyl (C=O) groups excluding carboxylic acids is 4. The fraction of sp³-hybridized carbons (Fsp3) is 0.769. The summed E-state index contributed by atoms with van der Waals surface area (Å²) in [6.07, 6.45) is 2.99. The van der Waals surface area contributed by atoms with Gasteiger partial charge >= 0.3 is 18.0 Å². The van der Waals surface area contributed by atoms with E-state index < -0.39 is 59.3 Å². The van der Waals surface area contributed by atoms with Crippen molar-refractivity contribution in [1.82, 2.24) is 4.90 Å². The highest BCUT2D eigenvalue weighted by molar-refractivity contribution is 5.94. The predicted molar refractivity (Wildman–Crippen MR) is 128 cm³/mol. The SMILES string of the molecule is CCCC/C=C/[C@H](C)CC(=O)N1C(=O)O[C@@H]2OC[C@@H](OC(=O)C(C)(C)C)[C@@H](OC(=O)C(C)(C)C)[C@@H]21. The molecule has 0 radical (unpaired) electrons. The minimum atomic E-state index is -1.13. The molecule has 0 N–H and O–H groups in total. The number of hydrogen-bond donors (Lipinski definition) is 0. The van der Waals surface area contributed by atoms with E-state index in [1.807, 2.05) is 19.1 Å². The van der Waals surface area contributed by atoms with Crippen LogP contribution >= 0.6 is 0 Å². The Labute approximate surface area is 208 Å². The molecule has 2 fully saturated rings. The molecule has 0 aliphatic carbocycles. The van der Waals surface area contributed by atoms with Crippen LogP contribution < -0.4 is 0 Å². The Morgan fingerprint density at radius 3 is 2.26 bits per heavy atom. The molecular weight excluding hydrogens is 454 g/mol. The van der Waals surface area contributed by atoms with E-state index in [1.54, 1.807) is 41.5 Å². The Kier molecular flexibility index (Phi) is 9.50. The molecule has 2 saturated heterocycles. The minimum absolute atomic E-state index is 0.0628. The number of unbranched alkanes of at least 4 members (excludes halogenated alkanes) is 2. The van der Waals surface area contributed by atoms with Crippen molar-refractivity contribution < 1.29 is 38.1 Å². The highest BCUT2D eigenvalue weighted by Crippen LogP contribution is 2.35. The summed E-state index contributed by atoms with van der Waals surface area (Å²) in [7, 11) is 0. The molecule has 9 nitrogen and oxygen atoms in total. The predicted octanol–water partition coefficient (Wildman–Crippen LogP) is 4.38. The maximum absolute atomic E-state index is 13.2. The molecule has 0 aromatic rings. The van der Waals surface area contributed by atoms with E-state index in [1.165, 1.54) is 0 Å². The largest absolute Gasteiger partial charge is 0.455 e. The maximum Gasteiger partial charge on any atom is 0.419 e. The monoisotopic (exact) mass is 495 g/mol. The van der Waals surface area contributed by atoms with Gasteiger partial charge in [0.05, 0.1) is 17.4 Å². The van der Waals surface area contributed by atoms with Crippen LogP contribution in [-0.2, 0) is 33.3 Å². The van der Waals surface area contributed by atoms with Crippen LogP contribution in [0.4, 0.5) is 4.79 Å². The molecule has 2 amide bonds. The summed E-state index contributed by atoms with van der Waals surface area (Å²) < 4.78 is 22.4. The second-order valence-corrected chi connectivity index (χ2v) is 11.4. The topological polar surface area (TPSA) is 108 Å². The molecule has 198 valence electrons. The average molecular weight is 496 g/mol. The lowest BCUT2D eigenvalue weighted by Gasteiger charge is -2.40. The third-order valence-electron chi connectivity index (χ3n) is 5.80. The minimum Gasteiger partial charge on any atom is -0.455 e. The van der Waals surface area contributed by atoms with E-state index in [2.05, 4.69) is 6.92 Å². The average Bonchev–Trinajstić information content (AvgIpc) is 3.07. The van der Waals surface area contributed by atoms with Crippen LogP contribution in [0.5, 0.6) is 0 Å². The van der Waals surface area contributed by atoms with Gasteiger partial charge in [-0.3, -0.25) is 14.4 Å². The third-order valence-corrected chi connectivity index (χ3v) is 5.80. The normalized spacial score (nSPS) is 25.7. The quantitative estimate of drug-likeness (QED) is 0.211. The van der Waals surface area contributed by atoms with Crippen LogP contribution in [0.15, 0.2) is 12.2 Å². The number of amides is 2. The molecule has 2 aliphatic heterocycles. The van der Waals surface area contributed by atoms with Gasteiger partial charge in [0.2, 0.25) is 12.2 Å². The molecule has 0 unspecified atom stereocenters. The Morgan fingerprint density at radius 1 is 1.09 bits per heavy atom. The molecule has 0 saturated carbocycles. The van der Waals surface area contributed by atoms with Gasteiger partial charge < -0.3 is 18.9 Å². The summed E-state index contributed by atoms with van der Waals surface area (Å²) in [5.41, 5.74) is -1.67. The smallest absolute Gasteiger partial charge is 0.419 e. The standard InChI is InChI=1S/C26H41NO8/c1-9-10-11-12-13-16(2)14-18(28)27-19-20(34-23(30)26(6,7)8)17(33-22(29)25(3,4)5)15-32-21(19)35-24(27)31/h12-13,16-17,19-21H,9-11,14-15H2,1-8H3/b13-12+/t16-,17+,19-,20+,21-/m0/s1. The Balaban J connectivity index is 2.30. The van der Waals surface area contributed by atoms with Gasteiger partial charge in [0.15, 0.2) is 12.2 Å². The van der Waals surface area contributed by atoms with E-state index in [0.717, 1.165) is 24.2 Å². The lowest BCUT2D eigenvalue weighted by molar-refractivity contribution is -0.227. The number of rotatable bonds is 8. The summed E-state index contributed by atoms with van der Waals surface area (Å²) in [6.45, 7) is 14.0. The highest BCUT2D eigenvalue weighted by atomic mass is 16.7. The van der Waals surface area contributed by atoms with Gasteiger partial charge in [0.25, 0.3) is 0 Å². The van der Waals surface area contributed by atoms with Gasteiger partial charge in [-0.1, -0.05) is 38.8 Å². The Bertz CT molecular complexity index is 822. The molecule has 2 aliphatic rings. The summed E-state index contributed by atoms with van der Waals surface area (Å²) in [5.74, 6) is -1.66. The molecule has 35 heavy (non-hydrogen) atoms. The van der Waals surface area contributed by atoms with E-state index in [0.29, 0.717) is 0 Å². The van der Waals surface area contributed by atoms with Gasteiger partial charge in [0, 0.05) is 6.42 Å². The zero-order valence-electron chi connectivity index (χ0n) is 22.3. The van der Waals surface area contributed by atoms with Crippen LogP contribution in [0, 0.1) is 16.7 Å². The fourth-order valence-corrected chi connectivity index (χ4v) is 3.63. The molecule has 5 atom stereocenters. The van der Waals surface area contributed by atoms with Crippen molar-refractivity contribution in [2.45, 2.75) is 106 Å². The summed E-state index contributed by atoms with van der Waals surface area (Å²) in [5, 5.41) is 0. The van der Waals surface area contributed by atoms with Crippen molar-refractivity contribution in [2.75, 3.05) is 6.61 Å². The Morgan fingerprint density at radius 2 is 1.69 bits per heavy atom. The van der Waals surface area contributed by atoms with Gasteiger partial charge in [-0.15, -0.1) is 0 Å². The number of ether oxygens (including phenoxy) is 4. The van der Waals surface area contributed by atoms with Crippen molar-refractivity contribution in [3.8, 4) is 0 Å². The van der Waals surface area contributed by atoms with Gasteiger partial charge in [-0.25, -0.2) is 9.69 Å². The number of esters is 2. The molecule has 0 spiro atoms. The molecular formula is C26H41NO8. The Hall–Kier alpha value is -2.42. The van der Waals surface area contributed by atoms with Gasteiger partial charge in [-0.05, 0) is 53.9 Å². The number of allylic oxidation sites excluding steroid dienone is 2. The first kappa shape index (κ1) is 28.8. The van der Waals surface area contributed by atoms with Crippen molar-refractivity contribution in [3.05, 3.63) is 12.2 Å². The zero-order valence-corrected chi connectivity index (χ0v) is 22.3. The van der Waals surface area contributed by atoms with Gasteiger partial charge in [-0.2, -0.15) is 0 Å². The molecule has 0 aromatic carbocycles. The third kappa shape index (κ3) is 7.53. The lowest BCUT2D eigenvalue weighted by atomic mass is 9.94. The fourth-order valence-electron chi connectivity index (χ4n) is 3.63. The highest BCUT2D eigenvalue weighted by Gasteiger charge is 2.58. The summed E-state index contributed by atoms with van der Waals surface area (Å²) in [4.78, 5) is 52.3. The summed E-state index contributed by atoms with van der Waals surface area (Å²) in [6, 6.07) is -1.07. The van der Waals surface area contributed by atoms with Crippen molar-refractivity contribution in [2.24, 2.45) is 16.7 Å². The summed E-state index contributed by atoms with van der Waals surface area (Å²) >= 11 is 0. The molecule has 9 heteroatoms. The van der Waals surface area contributed by atoms with Gasteiger partial charge in [0.1, 0.15) is 6.04 Å². The molecule has 2 heterocycles. The lowest BCUT2D eigenvalue weighted by Crippen LogP contribution is -2.61.